The number of unbranched alkanes of at least 4 members (excludes halogenated alkanes) is 34. The lowest BCUT2D eigenvalue weighted by molar-refractivity contribution is -0.379. The SMILES string of the molecule is CCC/C=C\C/C=C\CCCCCCCC(=O)NC(COC1OC(CO)C(OC2OC(CO)C(OC3OC(CO)C(O)C(O)C3O)C(O)C2O)C(O)C1O)C(O)/C=C/CC/C=C/CCCCCCCCCCCCCCCCCCCCCCCCCCCCC. The van der Waals surface area contributed by atoms with Gasteiger partial charge in [0.05, 0.1) is 38.6 Å². The van der Waals surface area contributed by atoms with Gasteiger partial charge in [0.15, 0.2) is 18.9 Å². The minimum absolute atomic E-state index is 0.218. The first-order valence-corrected chi connectivity index (χ1v) is 36.4. The van der Waals surface area contributed by atoms with Crippen LogP contribution in [0.3, 0.4) is 0 Å². The topological polar surface area (TPSA) is 307 Å². The molecule has 0 spiro atoms. The Morgan fingerprint density at radius 3 is 1.21 bits per heavy atom. The third-order valence-corrected chi connectivity index (χ3v) is 18.1. The zero-order valence-corrected chi connectivity index (χ0v) is 56.3. The fraction of sp³-hybridized carbons (Fsp3) is 0.875. The Hall–Kier alpha value is -2.25. The molecular formula is C72H131NO18. The molecule has 0 saturated carbocycles. The molecule has 91 heavy (non-hydrogen) atoms. The number of hydrogen-bond acceptors (Lipinski definition) is 18. The van der Waals surface area contributed by atoms with E-state index in [2.05, 4.69) is 55.6 Å². The third-order valence-electron chi connectivity index (χ3n) is 18.1. The van der Waals surface area contributed by atoms with Crippen LogP contribution >= 0.6 is 0 Å². The second-order valence-electron chi connectivity index (χ2n) is 26.0. The molecule has 1 amide bonds. The predicted molar refractivity (Wildman–Crippen MR) is 356 cm³/mol. The first kappa shape index (κ1) is 83.0. The standard InChI is InChI=1S/C72H131NO18/c1-3-5-7-9-11-13-15-17-18-19-20-21-22-23-24-25-26-27-28-29-30-31-32-33-34-35-36-38-39-41-43-45-47-49-56(77)55(73-60(78)50-48-46-44-42-40-37-16-14-12-10-8-6-4-2)54-86-70-66(84)63(81)68(58(52-75)88-70)91-72-67(85)64(82)69(59(53-76)89-72)90-71-65(83)62(80)61(79)57(51-74)87-71/h8,10,14,16,39,41,47,49,55-59,61-72,74-77,79-85H,3-7,9,11-13,15,17-38,40,42-46,48,50-54H2,1-2H3,(H,73,78)/b10-8-,16-14-,41-39+,49-47+. The summed E-state index contributed by atoms with van der Waals surface area (Å²) in [6, 6.07) is -0.999. The van der Waals surface area contributed by atoms with Crippen LogP contribution in [-0.2, 0) is 33.2 Å². The zero-order chi connectivity index (χ0) is 66.1. The maximum atomic E-state index is 13.3. The number of nitrogens with one attached hydrogen (secondary N) is 1. The molecule has 3 saturated heterocycles. The smallest absolute Gasteiger partial charge is 0.220 e. The van der Waals surface area contributed by atoms with Crippen molar-refractivity contribution in [1.29, 1.82) is 0 Å². The van der Waals surface area contributed by atoms with E-state index < -0.39 is 124 Å². The molecule has 532 valence electrons. The molecule has 12 N–H and O–H groups in total. The number of hydrogen-bond donors (Lipinski definition) is 12. The van der Waals surface area contributed by atoms with Crippen molar-refractivity contribution in [2.24, 2.45) is 0 Å². The van der Waals surface area contributed by atoms with Gasteiger partial charge in [-0.15, -0.1) is 0 Å². The number of amides is 1. The van der Waals surface area contributed by atoms with Crippen LogP contribution in [0, 0.1) is 0 Å². The van der Waals surface area contributed by atoms with Crippen LogP contribution < -0.4 is 5.32 Å². The van der Waals surface area contributed by atoms with Gasteiger partial charge in [0, 0.05) is 6.42 Å². The van der Waals surface area contributed by atoms with Gasteiger partial charge in [-0.3, -0.25) is 4.79 Å². The Balaban J connectivity index is 1.37. The van der Waals surface area contributed by atoms with Crippen molar-refractivity contribution in [3.8, 4) is 0 Å². The normalized spacial score (nSPS) is 28.1. The van der Waals surface area contributed by atoms with E-state index >= 15 is 0 Å². The summed E-state index contributed by atoms with van der Waals surface area (Å²) in [5.41, 5.74) is 0. The quantitative estimate of drug-likeness (QED) is 0.0199. The molecule has 19 heteroatoms. The van der Waals surface area contributed by atoms with Crippen molar-refractivity contribution < 1.29 is 89.4 Å². The summed E-state index contributed by atoms with van der Waals surface area (Å²) in [7, 11) is 0. The van der Waals surface area contributed by atoms with Crippen LogP contribution in [0.25, 0.3) is 0 Å². The van der Waals surface area contributed by atoms with Crippen molar-refractivity contribution in [2.45, 2.75) is 375 Å². The van der Waals surface area contributed by atoms with Gasteiger partial charge in [-0.1, -0.05) is 255 Å². The van der Waals surface area contributed by atoms with Crippen LogP contribution in [-0.4, -0.2) is 193 Å². The molecule has 3 fully saturated rings. The molecule has 3 aliphatic heterocycles. The average molecular weight is 1300 g/mol. The molecule has 3 aliphatic rings. The molecular weight excluding hydrogens is 1170 g/mol. The van der Waals surface area contributed by atoms with Gasteiger partial charge in [0.25, 0.3) is 0 Å². The third kappa shape index (κ3) is 35.5. The van der Waals surface area contributed by atoms with Gasteiger partial charge >= 0.3 is 0 Å². The Labute approximate surface area is 548 Å². The lowest BCUT2D eigenvalue weighted by Gasteiger charge is -2.48. The highest BCUT2D eigenvalue weighted by atomic mass is 16.8. The number of allylic oxidation sites excluding steroid dienone is 7. The summed E-state index contributed by atoms with van der Waals surface area (Å²) in [4.78, 5) is 13.3. The second-order valence-corrected chi connectivity index (χ2v) is 26.0. The highest BCUT2D eigenvalue weighted by Gasteiger charge is 2.53. The predicted octanol–water partition coefficient (Wildman–Crippen LogP) is 10.2. The lowest BCUT2D eigenvalue weighted by atomic mass is 9.96. The van der Waals surface area contributed by atoms with Crippen molar-refractivity contribution >= 4 is 5.91 Å². The van der Waals surface area contributed by atoms with Crippen molar-refractivity contribution in [3.63, 3.8) is 0 Å². The highest BCUT2D eigenvalue weighted by Crippen LogP contribution is 2.33. The number of rotatable bonds is 56. The first-order valence-electron chi connectivity index (χ1n) is 36.4. The van der Waals surface area contributed by atoms with E-state index in [1.165, 1.54) is 167 Å². The Kier molecular flexibility index (Phi) is 49.1. The first-order chi connectivity index (χ1) is 44.3. The van der Waals surface area contributed by atoms with Crippen LogP contribution in [0.4, 0.5) is 0 Å². The molecule has 19 nitrogen and oxygen atoms in total. The molecule has 0 radical (unpaired) electrons. The van der Waals surface area contributed by atoms with Crippen LogP contribution in [0.15, 0.2) is 48.6 Å². The molecule has 0 aromatic rings. The minimum Gasteiger partial charge on any atom is -0.394 e. The molecule has 0 aromatic carbocycles. The largest absolute Gasteiger partial charge is 0.394 e. The molecule has 17 unspecified atom stereocenters. The average Bonchev–Trinajstić information content (AvgIpc) is 0.877. The Morgan fingerprint density at radius 2 is 0.758 bits per heavy atom. The molecule has 0 aliphatic carbocycles. The van der Waals surface area contributed by atoms with E-state index in [0.717, 1.165) is 70.6 Å². The Bertz CT molecular complexity index is 1840. The summed E-state index contributed by atoms with van der Waals surface area (Å²) in [5, 5.41) is 120. The monoisotopic (exact) mass is 1300 g/mol. The Morgan fingerprint density at radius 1 is 0.396 bits per heavy atom. The van der Waals surface area contributed by atoms with Crippen LogP contribution in [0.1, 0.15) is 271 Å². The van der Waals surface area contributed by atoms with Crippen LogP contribution in [0.5, 0.6) is 0 Å². The van der Waals surface area contributed by atoms with Crippen molar-refractivity contribution in [2.75, 3.05) is 26.4 Å². The summed E-state index contributed by atoms with van der Waals surface area (Å²) in [6.45, 7) is 1.65. The van der Waals surface area contributed by atoms with Gasteiger partial charge < -0.3 is 89.9 Å². The van der Waals surface area contributed by atoms with Gasteiger partial charge in [0.2, 0.25) is 5.91 Å². The van der Waals surface area contributed by atoms with Gasteiger partial charge in [0.1, 0.15) is 73.2 Å². The van der Waals surface area contributed by atoms with Crippen molar-refractivity contribution in [3.05, 3.63) is 48.6 Å². The zero-order valence-electron chi connectivity index (χ0n) is 56.3. The molecule has 0 bridgehead atoms. The lowest BCUT2D eigenvalue weighted by Crippen LogP contribution is -2.66. The molecule has 0 aromatic heterocycles. The number of aliphatic hydroxyl groups excluding tert-OH is 11. The van der Waals surface area contributed by atoms with Crippen LogP contribution in [0.2, 0.25) is 0 Å². The van der Waals surface area contributed by atoms with E-state index in [1.807, 2.05) is 6.08 Å². The van der Waals surface area contributed by atoms with E-state index in [-0.39, 0.29) is 18.9 Å². The summed E-state index contributed by atoms with van der Waals surface area (Å²) in [6.07, 6.45) is 38.5. The fourth-order valence-electron chi connectivity index (χ4n) is 12.2. The molecule has 17 atom stereocenters. The van der Waals surface area contributed by atoms with Crippen molar-refractivity contribution in [1.82, 2.24) is 5.32 Å². The number of ether oxygens (including phenoxy) is 6. The van der Waals surface area contributed by atoms with E-state index in [4.69, 9.17) is 28.4 Å². The van der Waals surface area contributed by atoms with E-state index in [9.17, 15) is 61.0 Å². The minimum atomic E-state index is -1.98. The molecule has 3 rings (SSSR count). The van der Waals surface area contributed by atoms with E-state index in [1.54, 1.807) is 6.08 Å². The molecule has 3 heterocycles. The summed E-state index contributed by atoms with van der Waals surface area (Å²) >= 11 is 0. The fourth-order valence-corrected chi connectivity index (χ4v) is 12.2. The van der Waals surface area contributed by atoms with Gasteiger partial charge in [-0.25, -0.2) is 0 Å². The van der Waals surface area contributed by atoms with E-state index in [0.29, 0.717) is 12.8 Å². The number of carbonyl (C=O) groups excluding carboxylic acids is 1. The van der Waals surface area contributed by atoms with Gasteiger partial charge in [-0.2, -0.15) is 0 Å². The summed E-state index contributed by atoms with van der Waals surface area (Å²) < 4.78 is 34.3. The number of carbonyl (C=O) groups is 1. The highest BCUT2D eigenvalue weighted by molar-refractivity contribution is 5.76. The maximum absolute atomic E-state index is 13.3. The summed E-state index contributed by atoms with van der Waals surface area (Å²) in [5.74, 6) is -0.300. The van der Waals surface area contributed by atoms with Gasteiger partial charge in [-0.05, 0) is 57.8 Å². The number of aliphatic hydroxyl groups is 11. The maximum Gasteiger partial charge on any atom is 0.220 e. The second kappa shape index (κ2) is 53.8.